The van der Waals surface area contributed by atoms with E-state index in [1.54, 1.807) is 23.3 Å². The SMILES string of the molecule is C=Cn1cc(CN2CCC[C@H](CNC(=O)c3cncc(C)c3)C2)cn1. The van der Waals surface area contributed by atoms with E-state index in [4.69, 9.17) is 0 Å². The van der Waals surface area contributed by atoms with Crippen LogP contribution in [0.1, 0.15) is 34.3 Å². The summed E-state index contributed by atoms with van der Waals surface area (Å²) in [4.78, 5) is 18.8. The lowest BCUT2D eigenvalue weighted by Crippen LogP contribution is -2.40. The molecule has 1 N–H and O–H groups in total. The Kier molecular flexibility index (Phi) is 5.60. The molecule has 0 saturated carbocycles. The third-order valence-corrected chi connectivity index (χ3v) is 4.54. The normalized spacial score (nSPS) is 18.0. The second kappa shape index (κ2) is 8.07. The van der Waals surface area contributed by atoms with Gasteiger partial charge in [-0.25, -0.2) is 4.68 Å². The van der Waals surface area contributed by atoms with Crippen molar-refractivity contribution in [2.24, 2.45) is 5.92 Å². The number of pyridine rings is 1. The molecule has 0 aromatic carbocycles. The van der Waals surface area contributed by atoms with E-state index in [1.807, 2.05) is 25.4 Å². The minimum absolute atomic E-state index is 0.0411. The maximum atomic E-state index is 12.3. The van der Waals surface area contributed by atoms with Gasteiger partial charge in [0.25, 0.3) is 5.91 Å². The molecule has 1 saturated heterocycles. The zero-order chi connectivity index (χ0) is 17.6. The zero-order valence-electron chi connectivity index (χ0n) is 14.7. The Labute approximate surface area is 148 Å². The van der Waals surface area contributed by atoms with Crippen LogP contribution in [0.25, 0.3) is 6.20 Å². The van der Waals surface area contributed by atoms with Gasteiger partial charge in [-0.3, -0.25) is 14.7 Å². The van der Waals surface area contributed by atoms with Crippen LogP contribution < -0.4 is 5.32 Å². The molecule has 3 rings (SSSR count). The summed E-state index contributed by atoms with van der Waals surface area (Å²) < 4.78 is 1.73. The first-order valence-corrected chi connectivity index (χ1v) is 8.72. The van der Waals surface area contributed by atoms with E-state index in [2.05, 4.69) is 26.9 Å². The Morgan fingerprint density at radius 3 is 3.08 bits per heavy atom. The molecular weight excluding hydrogens is 314 g/mol. The molecule has 2 aromatic rings. The van der Waals surface area contributed by atoms with Crippen LogP contribution in [-0.4, -0.2) is 45.2 Å². The van der Waals surface area contributed by atoms with E-state index < -0.39 is 0 Å². The highest BCUT2D eigenvalue weighted by Gasteiger charge is 2.21. The molecule has 1 aliphatic heterocycles. The Morgan fingerprint density at radius 2 is 2.32 bits per heavy atom. The summed E-state index contributed by atoms with van der Waals surface area (Å²) in [7, 11) is 0. The van der Waals surface area contributed by atoms with Gasteiger partial charge in [-0.2, -0.15) is 5.10 Å². The molecule has 2 aromatic heterocycles. The molecule has 0 radical (unpaired) electrons. The number of likely N-dealkylation sites (tertiary alicyclic amines) is 1. The molecule has 1 amide bonds. The van der Waals surface area contributed by atoms with Gasteiger partial charge in [-0.1, -0.05) is 6.58 Å². The van der Waals surface area contributed by atoms with E-state index >= 15 is 0 Å². The maximum Gasteiger partial charge on any atom is 0.252 e. The molecule has 0 bridgehead atoms. The highest BCUT2D eigenvalue weighted by Crippen LogP contribution is 2.18. The fraction of sp³-hybridized carbons (Fsp3) is 0.421. The average molecular weight is 339 g/mol. The summed E-state index contributed by atoms with van der Waals surface area (Å²) in [5.41, 5.74) is 2.82. The van der Waals surface area contributed by atoms with Crippen molar-refractivity contribution < 1.29 is 4.79 Å². The number of aryl methyl sites for hydroxylation is 1. The van der Waals surface area contributed by atoms with Gasteiger partial charge in [0, 0.05) is 50.0 Å². The number of carbonyl (C=O) groups excluding carboxylic acids is 1. The lowest BCUT2D eigenvalue weighted by Gasteiger charge is -2.32. The zero-order valence-corrected chi connectivity index (χ0v) is 14.7. The predicted octanol–water partition coefficient (Wildman–Crippen LogP) is 2.33. The van der Waals surface area contributed by atoms with Crippen LogP contribution in [-0.2, 0) is 6.54 Å². The molecule has 0 unspecified atom stereocenters. The lowest BCUT2D eigenvalue weighted by molar-refractivity contribution is 0.0930. The molecule has 6 nitrogen and oxygen atoms in total. The second-order valence-corrected chi connectivity index (χ2v) is 6.72. The van der Waals surface area contributed by atoms with Crippen LogP contribution in [0.3, 0.4) is 0 Å². The van der Waals surface area contributed by atoms with Crippen LogP contribution in [0.15, 0.2) is 37.4 Å². The fourth-order valence-corrected chi connectivity index (χ4v) is 3.30. The van der Waals surface area contributed by atoms with Gasteiger partial charge in [0.15, 0.2) is 0 Å². The van der Waals surface area contributed by atoms with Gasteiger partial charge >= 0.3 is 0 Å². The quantitative estimate of drug-likeness (QED) is 0.877. The molecule has 0 aliphatic carbocycles. The van der Waals surface area contributed by atoms with Crippen LogP contribution >= 0.6 is 0 Å². The molecule has 1 fully saturated rings. The molecule has 3 heterocycles. The van der Waals surface area contributed by atoms with Crippen molar-refractivity contribution in [1.29, 1.82) is 0 Å². The fourth-order valence-electron chi connectivity index (χ4n) is 3.30. The third-order valence-electron chi connectivity index (χ3n) is 4.54. The summed E-state index contributed by atoms with van der Waals surface area (Å²) in [5, 5.41) is 7.29. The summed E-state index contributed by atoms with van der Waals surface area (Å²) in [6, 6.07) is 1.87. The van der Waals surface area contributed by atoms with Gasteiger partial charge in [0.1, 0.15) is 0 Å². The number of rotatable bonds is 6. The van der Waals surface area contributed by atoms with E-state index in [9.17, 15) is 4.79 Å². The number of carbonyl (C=O) groups is 1. The van der Waals surface area contributed by atoms with Gasteiger partial charge < -0.3 is 5.32 Å². The second-order valence-electron chi connectivity index (χ2n) is 6.72. The summed E-state index contributed by atoms with van der Waals surface area (Å²) >= 11 is 0. The Balaban J connectivity index is 1.49. The number of nitrogens with zero attached hydrogens (tertiary/aromatic N) is 4. The van der Waals surface area contributed by atoms with Crippen molar-refractivity contribution in [2.75, 3.05) is 19.6 Å². The van der Waals surface area contributed by atoms with Crippen LogP contribution in [0.4, 0.5) is 0 Å². The average Bonchev–Trinajstić information content (AvgIpc) is 3.07. The number of amides is 1. The van der Waals surface area contributed by atoms with Crippen molar-refractivity contribution in [2.45, 2.75) is 26.3 Å². The highest BCUT2D eigenvalue weighted by atomic mass is 16.1. The number of hydrogen-bond donors (Lipinski definition) is 1. The summed E-state index contributed by atoms with van der Waals surface area (Å²) in [6.45, 7) is 9.33. The van der Waals surface area contributed by atoms with E-state index in [-0.39, 0.29) is 5.91 Å². The van der Waals surface area contributed by atoms with E-state index in [0.717, 1.165) is 38.0 Å². The van der Waals surface area contributed by atoms with Gasteiger partial charge in [-0.05, 0) is 43.9 Å². The first kappa shape index (κ1) is 17.4. The van der Waals surface area contributed by atoms with Crippen molar-refractivity contribution in [1.82, 2.24) is 25.0 Å². The largest absolute Gasteiger partial charge is 0.352 e. The van der Waals surface area contributed by atoms with E-state index in [0.29, 0.717) is 18.0 Å². The topological polar surface area (TPSA) is 63.0 Å². The number of piperidine rings is 1. The molecule has 1 aliphatic rings. The third kappa shape index (κ3) is 4.76. The van der Waals surface area contributed by atoms with Crippen molar-refractivity contribution in [3.63, 3.8) is 0 Å². The Morgan fingerprint density at radius 1 is 1.44 bits per heavy atom. The van der Waals surface area contributed by atoms with Gasteiger partial charge in [0.2, 0.25) is 0 Å². The van der Waals surface area contributed by atoms with E-state index in [1.165, 1.54) is 5.56 Å². The molecule has 1 atom stereocenters. The van der Waals surface area contributed by atoms with Crippen molar-refractivity contribution in [3.8, 4) is 0 Å². The Bertz CT molecular complexity index is 739. The van der Waals surface area contributed by atoms with Crippen molar-refractivity contribution >= 4 is 12.1 Å². The monoisotopic (exact) mass is 339 g/mol. The predicted molar refractivity (Wildman–Crippen MR) is 97.9 cm³/mol. The number of aromatic nitrogens is 3. The summed E-state index contributed by atoms with van der Waals surface area (Å²) in [6.07, 6.45) is 11.3. The summed E-state index contributed by atoms with van der Waals surface area (Å²) in [5.74, 6) is 0.436. The molecular formula is C19H25N5O. The highest BCUT2D eigenvalue weighted by molar-refractivity contribution is 5.93. The standard InChI is InChI=1S/C19H25N5O/c1-3-24-14-17(10-22-24)13-23-6-4-5-16(12-23)9-21-19(25)18-7-15(2)8-20-11-18/h3,7-8,10-11,14,16H,1,4-6,9,12-13H2,2H3,(H,21,25)/t16-/m1/s1. The smallest absolute Gasteiger partial charge is 0.252 e. The minimum atomic E-state index is -0.0411. The lowest BCUT2D eigenvalue weighted by atomic mass is 9.97. The number of nitrogens with one attached hydrogen (secondary N) is 1. The Hall–Kier alpha value is -2.47. The maximum absolute atomic E-state index is 12.3. The first-order chi connectivity index (χ1) is 12.1. The number of hydrogen-bond acceptors (Lipinski definition) is 4. The van der Waals surface area contributed by atoms with Crippen molar-refractivity contribution in [3.05, 3.63) is 54.1 Å². The molecule has 25 heavy (non-hydrogen) atoms. The van der Waals surface area contributed by atoms with Crippen LogP contribution in [0.5, 0.6) is 0 Å². The molecule has 132 valence electrons. The van der Waals surface area contributed by atoms with Crippen LogP contribution in [0, 0.1) is 12.8 Å². The first-order valence-electron chi connectivity index (χ1n) is 8.72. The van der Waals surface area contributed by atoms with Gasteiger partial charge in [0.05, 0.1) is 11.8 Å². The van der Waals surface area contributed by atoms with Gasteiger partial charge in [-0.15, -0.1) is 0 Å². The molecule has 6 heteroatoms. The van der Waals surface area contributed by atoms with Crippen LogP contribution in [0.2, 0.25) is 0 Å². The molecule has 0 spiro atoms. The minimum Gasteiger partial charge on any atom is -0.352 e.